The highest BCUT2D eigenvalue weighted by Crippen LogP contribution is 2.22. The van der Waals surface area contributed by atoms with Gasteiger partial charge in [0.25, 0.3) is 0 Å². The zero-order valence-electron chi connectivity index (χ0n) is 9.42. The van der Waals surface area contributed by atoms with E-state index in [2.05, 4.69) is 11.4 Å². The highest BCUT2D eigenvalue weighted by atomic mass is 35.5. The lowest BCUT2D eigenvalue weighted by Crippen LogP contribution is -2.17. The SMILES string of the molecule is Clc1cccc(SCCCCNC2CC2)c1. The molecule has 0 radical (unpaired) electrons. The molecule has 1 aromatic rings. The summed E-state index contributed by atoms with van der Waals surface area (Å²) in [4.78, 5) is 1.28. The molecule has 0 unspecified atom stereocenters. The van der Waals surface area contributed by atoms with Gasteiger partial charge in [-0.05, 0) is 56.2 Å². The van der Waals surface area contributed by atoms with Gasteiger partial charge in [0, 0.05) is 16.0 Å². The van der Waals surface area contributed by atoms with Gasteiger partial charge in [0.15, 0.2) is 0 Å². The van der Waals surface area contributed by atoms with Crippen LogP contribution < -0.4 is 5.32 Å². The van der Waals surface area contributed by atoms with Crippen molar-refractivity contribution in [2.24, 2.45) is 0 Å². The lowest BCUT2D eigenvalue weighted by atomic mass is 10.3. The van der Waals surface area contributed by atoms with E-state index in [0.29, 0.717) is 0 Å². The van der Waals surface area contributed by atoms with E-state index in [0.717, 1.165) is 11.1 Å². The van der Waals surface area contributed by atoms with Crippen LogP contribution in [0.3, 0.4) is 0 Å². The molecule has 0 heterocycles. The van der Waals surface area contributed by atoms with Crippen molar-refractivity contribution in [3.05, 3.63) is 29.3 Å². The van der Waals surface area contributed by atoms with E-state index in [4.69, 9.17) is 11.6 Å². The number of nitrogens with one attached hydrogen (secondary N) is 1. The van der Waals surface area contributed by atoms with E-state index in [9.17, 15) is 0 Å². The van der Waals surface area contributed by atoms with E-state index >= 15 is 0 Å². The average Bonchev–Trinajstić information content (AvgIpc) is 3.07. The van der Waals surface area contributed by atoms with Gasteiger partial charge in [0.2, 0.25) is 0 Å². The van der Waals surface area contributed by atoms with Gasteiger partial charge in [-0.25, -0.2) is 0 Å². The van der Waals surface area contributed by atoms with Crippen molar-refractivity contribution in [3.63, 3.8) is 0 Å². The first-order valence-corrected chi connectivity index (χ1v) is 7.33. The van der Waals surface area contributed by atoms with Crippen LogP contribution in [0.25, 0.3) is 0 Å². The van der Waals surface area contributed by atoms with E-state index in [1.54, 1.807) is 0 Å². The second-order valence-electron chi connectivity index (χ2n) is 4.24. The molecule has 1 saturated carbocycles. The number of hydrogen-bond donors (Lipinski definition) is 1. The fourth-order valence-corrected chi connectivity index (χ4v) is 2.79. The van der Waals surface area contributed by atoms with Gasteiger partial charge in [0.05, 0.1) is 0 Å². The third kappa shape index (κ3) is 4.77. The Morgan fingerprint density at radius 3 is 2.94 bits per heavy atom. The fraction of sp³-hybridized carbons (Fsp3) is 0.538. The molecule has 1 aromatic carbocycles. The third-order valence-electron chi connectivity index (χ3n) is 2.65. The Hall–Kier alpha value is -0.180. The first kappa shape index (κ1) is 12.3. The molecular formula is C13H18ClNS. The summed E-state index contributed by atoms with van der Waals surface area (Å²) < 4.78 is 0. The molecule has 0 bridgehead atoms. The molecule has 1 N–H and O–H groups in total. The van der Waals surface area contributed by atoms with Crippen molar-refractivity contribution < 1.29 is 0 Å². The molecule has 1 nitrogen and oxygen atoms in total. The second-order valence-corrected chi connectivity index (χ2v) is 5.85. The lowest BCUT2D eigenvalue weighted by Gasteiger charge is -2.03. The minimum absolute atomic E-state index is 0.834. The van der Waals surface area contributed by atoms with E-state index in [-0.39, 0.29) is 0 Å². The molecular weight excluding hydrogens is 238 g/mol. The molecule has 1 aliphatic carbocycles. The van der Waals surface area contributed by atoms with Gasteiger partial charge >= 0.3 is 0 Å². The maximum atomic E-state index is 5.93. The van der Waals surface area contributed by atoms with Crippen LogP contribution in [0.15, 0.2) is 29.2 Å². The number of halogens is 1. The minimum atomic E-state index is 0.834. The van der Waals surface area contributed by atoms with Gasteiger partial charge < -0.3 is 5.32 Å². The summed E-state index contributed by atoms with van der Waals surface area (Å²) in [5, 5.41) is 4.37. The zero-order chi connectivity index (χ0) is 11.2. The molecule has 1 fully saturated rings. The monoisotopic (exact) mass is 255 g/mol. The van der Waals surface area contributed by atoms with Crippen molar-refractivity contribution in [2.45, 2.75) is 36.6 Å². The number of hydrogen-bond acceptors (Lipinski definition) is 2. The van der Waals surface area contributed by atoms with Crippen LogP contribution in [-0.4, -0.2) is 18.3 Å². The summed E-state index contributed by atoms with van der Waals surface area (Å²) in [7, 11) is 0. The summed E-state index contributed by atoms with van der Waals surface area (Å²) in [6.45, 7) is 1.18. The standard InChI is InChI=1S/C13H18ClNS/c14-11-4-3-5-13(10-11)16-9-2-1-8-15-12-6-7-12/h3-5,10,12,15H,1-2,6-9H2. The molecule has 1 aliphatic rings. The lowest BCUT2D eigenvalue weighted by molar-refractivity contribution is 0.640. The third-order valence-corrected chi connectivity index (χ3v) is 3.96. The Labute approximate surface area is 107 Å². The normalized spacial score (nSPS) is 15.3. The Kier molecular flexibility index (Phi) is 5.01. The van der Waals surface area contributed by atoms with Crippen LogP contribution in [-0.2, 0) is 0 Å². The van der Waals surface area contributed by atoms with E-state index < -0.39 is 0 Å². The Morgan fingerprint density at radius 2 is 2.19 bits per heavy atom. The maximum Gasteiger partial charge on any atom is 0.0417 e. The summed E-state index contributed by atoms with van der Waals surface area (Å²) in [5.41, 5.74) is 0. The van der Waals surface area contributed by atoms with Crippen LogP contribution in [0.2, 0.25) is 5.02 Å². The van der Waals surface area contributed by atoms with Crippen molar-refractivity contribution in [1.82, 2.24) is 5.32 Å². The Bertz CT molecular complexity index is 325. The Morgan fingerprint density at radius 1 is 1.31 bits per heavy atom. The summed E-state index contributed by atoms with van der Waals surface area (Å²) >= 11 is 7.82. The molecule has 0 saturated heterocycles. The molecule has 2 rings (SSSR count). The van der Waals surface area contributed by atoms with Crippen LogP contribution in [0.5, 0.6) is 0 Å². The molecule has 0 aromatic heterocycles. The largest absolute Gasteiger partial charge is 0.314 e. The Balaban J connectivity index is 1.53. The van der Waals surface area contributed by atoms with Gasteiger partial charge in [-0.15, -0.1) is 11.8 Å². The number of benzene rings is 1. The molecule has 88 valence electrons. The van der Waals surface area contributed by atoms with Crippen LogP contribution in [0.1, 0.15) is 25.7 Å². The van der Waals surface area contributed by atoms with Gasteiger partial charge in [-0.2, -0.15) is 0 Å². The van der Waals surface area contributed by atoms with Crippen LogP contribution in [0.4, 0.5) is 0 Å². The van der Waals surface area contributed by atoms with Gasteiger partial charge in [-0.1, -0.05) is 17.7 Å². The van der Waals surface area contributed by atoms with Gasteiger partial charge in [0.1, 0.15) is 0 Å². The van der Waals surface area contributed by atoms with Crippen LogP contribution in [0, 0.1) is 0 Å². The average molecular weight is 256 g/mol. The maximum absolute atomic E-state index is 5.93. The van der Waals surface area contributed by atoms with E-state index in [1.165, 1.54) is 42.9 Å². The molecule has 0 amide bonds. The van der Waals surface area contributed by atoms with Gasteiger partial charge in [-0.3, -0.25) is 0 Å². The molecule has 3 heteroatoms. The predicted octanol–water partition coefficient (Wildman–Crippen LogP) is 3.96. The zero-order valence-corrected chi connectivity index (χ0v) is 11.0. The highest BCUT2D eigenvalue weighted by Gasteiger charge is 2.19. The first-order chi connectivity index (χ1) is 7.84. The fourth-order valence-electron chi connectivity index (χ4n) is 1.57. The summed E-state index contributed by atoms with van der Waals surface area (Å²) in [6, 6.07) is 8.94. The van der Waals surface area contributed by atoms with E-state index in [1.807, 2.05) is 30.0 Å². The molecule has 0 spiro atoms. The number of unbranched alkanes of at least 4 members (excludes halogenated alkanes) is 1. The minimum Gasteiger partial charge on any atom is -0.314 e. The smallest absolute Gasteiger partial charge is 0.0417 e. The number of thioether (sulfide) groups is 1. The quantitative estimate of drug-likeness (QED) is 0.585. The van der Waals surface area contributed by atoms with Crippen molar-refractivity contribution in [1.29, 1.82) is 0 Å². The molecule has 0 aliphatic heterocycles. The summed E-state index contributed by atoms with van der Waals surface area (Å²) in [6.07, 6.45) is 5.33. The number of rotatable bonds is 7. The van der Waals surface area contributed by atoms with Crippen molar-refractivity contribution >= 4 is 23.4 Å². The predicted molar refractivity (Wildman–Crippen MR) is 72.4 cm³/mol. The van der Waals surface area contributed by atoms with Crippen LogP contribution >= 0.6 is 23.4 Å². The first-order valence-electron chi connectivity index (χ1n) is 5.96. The second kappa shape index (κ2) is 6.53. The molecule has 16 heavy (non-hydrogen) atoms. The van der Waals surface area contributed by atoms with Crippen molar-refractivity contribution in [3.8, 4) is 0 Å². The molecule has 0 atom stereocenters. The van der Waals surface area contributed by atoms with Crippen molar-refractivity contribution in [2.75, 3.05) is 12.3 Å². The topological polar surface area (TPSA) is 12.0 Å². The summed E-state index contributed by atoms with van der Waals surface area (Å²) in [5.74, 6) is 1.19. The highest BCUT2D eigenvalue weighted by molar-refractivity contribution is 7.99.